The Hall–Kier alpha value is -1.40. The van der Waals surface area contributed by atoms with E-state index in [-0.39, 0.29) is 6.04 Å². The minimum Gasteiger partial charge on any atom is -0.335 e. The van der Waals surface area contributed by atoms with Crippen LogP contribution in [0.25, 0.3) is 0 Å². The summed E-state index contributed by atoms with van der Waals surface area (Å²) in [5, 5.41) is 3.55. The molecule has 1 aromatic rings. The second-order valence-electron chi connectivity index (χ2n) is 5.90. The van der Waals surface area contributed by atoms with Crippen LogP contribution in [0.4, 0.5) is 13.6 Å². The van der Waals surface area contributed by atoms with Crippen LogP contribution in [-0.4, -0.2) is 55.0 Å². The van der Waals surface area contributed by atoms with Crippen molar-refractivity contribution in [1.29, 1.82) is 0 Å². The Morgan fingerprint density at radius 3 is 2.52 bits per heavy atom. The summed E-state index contributed by atoms with van der Waals surface area (Å²) in [4.78, 5) is 15.2. The highest BCUT2D eigenvalue weighted by molar-refractivity contribution is 6.30. The molecule has 1 fully saturated rings. The molecule has 0 aliphatic carbocycles. The highest BCUT2D eigenvalue weighted by Gasteiger charge is 2.22. The number of rotatable bonds is 5. The summed E-state index contributed by atoms with van der Waals surface area (Å²) >= 11 is 5.87. The second kappa shape index (κ2) is 8.45. The van der Waals surface area contributed by atoms with Gasteiger partial charge >= 0.3 is 6.03 Å². The average molecular weight is 346 g/mol. The molecule has 0 bridgehead atoms. The predicted octanol–water partition coefficient (Wildman–Crippen LogP) is 3.21. The molecule has 1 N–H and O–H groups in total. The van der Waals surface area contributed by atoms with Gasteiger partial charge in [-0.1, -0.05) is 23.7 Å². The van der Waals surface area contributed by atoms with Gasteiger partial charge in [-0.25, -0.2) is 13.6 Å². The van der Waals surface area contributed by atoms with Crippen molar-refractivity contribution in [3.63, 3.8) is 0 Å². The van der Waals surface area contributed by atoms with Gasteiger partial charge in [-0.15, -0.1) is 0 Å². The van der Waals surface area contributed by atoms with E-state index < -0.39 is 19.0 Å². The molecule has 2 amide bonds. The van der Waals surface area contributed by atoms with Crippen LogP contribution in [0.15, 0.2) is 24.3 Å². The maximum atomic E-state index is 12.3. The van der Waals surface area contributed by atoms with Crippen LogP contribution in [0, 0.1) is 0 Å². The van der Waals surface area contributed by atoms with Crippen LogP contribution in [-0.2, 0) is 6.54 Å². The number of amides is 2. The van der Waals surface area contributed by atoms with Gasteiger partial charge in [0.2, 0.25) is 0 Å². The molecule has 1 saturated heterocycles. The summed E-state index contributed by atoms with van der Waals surface area (Å²) in [6, 6.07) is 7.39. The lowest BCUT2D eigenvalue weighted by Crippen LogP contribution is -2.48. The summed E-state index contributed by atoms with van der Waals surface area (Å²) in [7, 11) is 1.39. The minimum absolute atomic E-state index is 0.0455. The molecule has 0 unspecified atom stereocenters. The summed E-state index contributed by atoms with van der Waals surface area (Å²) in [5.41, 5.74) is 1.20. The van der Waals surface area contributed by atoms with Crippen molar-refractivity contribution >= 4 is 17.6 Å². The molecule has 1 aromatic carbocycles. The summed E-state index contributed by atoms with van der Waals surface area (Å²) in [5.74, 6) is 0. The van der Waals surface area contributed by atoms with E-state index in [1.165, 1.54) is 12.6 Å². The van der Waals surface area contributed by atoms with Crippen LogP contribution >= 0.6 is 11.6 Å². The number of benzene rings is 1. The molecule has 1 aliphatic rings. The molecule has 0 saturated carbocycles. The maximum Gasteiger partial charge on any atom is 0.317 e. The highest BCUT2D eigenvalue weighted by Crippen LogP contribution is 2.16. The normalized spacial score (nSPS) is 16.6. The number of carbonyl (C=O) groups is 1. The van der Waals surface area contributed by atoms with Gasteiger partial charge in [-0.05, 0) is 30.5 Å². The van der Waals surface area contributed by atoms with Crippen molar-refractivity contribution in [2.75, 3.05) is 26.7 Å². The quantitative estimate of drug-likeness (QED) is 0.889. The van der Waals surface area contributed by atoms with Crippen LogP contribution in [0.5, 0.6) is 0 Å². The summed E-state index contributed by atoms with van der Waals surface area (Å²) < 4.78 is 24.5. The minimum atomic E-state index is -2.51. The number of alkyl halides is 2. The molecule has 7 heteroatoms. The van der Waals surface area contributed by atoms with Gasteiger partial charge in [-0.2, -0.15) is 0 Å². The lowest BCUT2D eigenvalue weighted by molar-refractivity contribution is 0.105. The first-order valence-electron chi connectivity index (χ1n) is 7.70. The van der Waals surface area contributed by atoms with Crippen molar-refractivity contribution in [2.24, 2.45) is 0 Å². The monoisotopic (exact) mass is 345 g/mol. The second-order valence-corrected chi connectivity index (χ2v) is 6.33. The van der Waals surface area contributed by atoms with Gasteiger partial charge in [0.15, 0.2) is 0 Å². The fraction of sp³-hybridized carbons (Fsp3) is 0.562. The van der Waals surface area contributed by atoms with E-state index >= 15 is 0 Å². The molecular formula is C16H22ClF2N3O. The topological polar surface area (TPSA) is 35.6 Å². The first kappa shape index (κ1) is 17.9. The first-order valence-corrected chi connectivity index (χ1v) is 8.08. The van der Waals surface area contributed by atoms with Crippen molar-refractivity contribution in [3.05, 3.63) is 34.9 Å². The van der Waals surface area contributed by atoms with E-state index in [1.807, 2.05) is 24.3 Å². The molecule has 0 radical (unpaired) electrons. The van der Waals surface area contributed by atoms with Crippen molar-refractivity contribution in [1.82, 2.24) is 15.1 Å². The third-order valence-corrected chi connectivity index (χ3v) is 4.25. The van der Waals surface area contributed by atoms with E-state index in [1.54, 1.807) is 0 Å². The lowest BCUT2D eigenvalue weighted by atomic mass is 10.0. The molecule has 128 valence electrons. The molecule has 1 heterocycles. The number of nitrogens with zero attached hydrogens (tertiary/aromatic N) is 2. The van der Waals surface area contributed by atoms with Gasteiger partial charge < -0.3 is 10.2 Å². The van der Waals surface area contributed by atoms with Gasteiger partial charge in [-0.3, -0.25) is 4.90 Å². The number of halogens is 3. The standard InChI is InChI=1S/C16H22ClF2N3O/c1-21(11-15(18)19)16(23)20-14-6-8-22(9-7-14)10-12-2-4-13(17)5-3-12/h2-5,14-15H,6-11H2,1H3,(H,20,23). The average Bonchev–Trinajstić information content (AvgIpc) is 2.51. The van der Waals surface area contributed by atoms with Crippen LogP contribution in [0.1, 0.15) is 18.4 Å². The Bertz CT molecular complexity index is 505. The Morgan fingerprint density at radius 1 is 1.35 bits per heavy atom. The smallest absolute Gasteiger partial charge is 0.317 e. The van der Waals surface area contributed by atoms with Crippen molar-refractivity contribution in [2.45, 2.75) is 31.9 Å². The zero-order chi connectivity index (χ0) is 16.8. The Balaban J connectivity index is 1.73. The Kier molecular flexibility index (Phi) is 6.59. The van der Waals surface area contributed by atoms with Crippen LogP contribution in [0.2, 0.25) is 5.02 Å². The predicted molar refractivity (Wildman–Crippen MR) is 86.9 cm³/mol. The largest absolute Gasteiger partial charge is 0.335 e. The van der Waals surface area contributed by atoms with Crippen LogP contribution < -0.4 is 5.32 Å². The fourth-order valence-electron chi connectivity index (χ4n) is 2.66. The van der Waals surface area contributed by atoms with Gasteiger partial charge in [0.1, 0.15) is 0 Å². The van der Waals surface area contributed by atoms with Gasteiger partial charge in [0.05, 0.1) is 6.54 Å². The Morgan fingerprint density at radius 2 is 1.96 bits per heavy atom. The van der Waals surface area contributed by atoms with Crippen molar-refractivity contribution < 1.29 is 13.6 Å². The van der Waals surface area contributed by atoms with E-state index in [4.69, 9.17) is 11.6 Å². The third-order valence-electron chi connectivity index (χ3n) is 3.99. The molecule has 0 spiro atoms. The number of hydrogen-bond acceptors (Lipinski definition) is 2. The lowest BCUT2D eigenvalue weighted by Gasteiger charge is -2.33. The maximum absolute atomic E-state index is 12.3. The zero-order valence-electron chi connectivity index (χ0n) is 13.1. The van der Waals surface area contributed by atoms with E-state index in [2.05, 4.69) is 10.2 Å². The molecule has 1 aliphatic heterocycles. The Labute approximate surface area is 140 Å². The summed E-state index contributed by atoms with van der Waals surface area (Å²) in [6.45, 7) is 2.04. The van der Waals surface area contributed by atoms with Gasteiger partial charge in [0.25, 0.3) is 6.43 Å². The highest BCUT2D eigenvalue weighted by atomic mass is 35.5. The molecule has 2 rings (SSSR count). The zero-order valence-corrected chi connectivity index (χ0v) is 13.9. The van der Waals surface area contributed by atoms with Crippen LogP contribution in [0.3, 0.4) is 0 Å². The number of likely N-dealkylation sites (tertiary alicyclic amines) is 1. The SMILES string of the molecule is CN(CC(F)F)C(=O)NC1CCN(Cc2ccc(Cl)cc2)CC1. The number of carbonyl (C=O) groups excluding carboxylic acids is 1. The third kappa shape index (κ3) is 5.95. The molecule has 4 nitrogen and oxygen atoms in total. The number of hydrogen-bond donors (Lipinski definition) is 1. The molecule has 0 aromatic heterocycles. The molecular weight excluding hydrogens is 324 g/mol. The van der Waals surface area contributed by atoms with Gasteiger partial charge in [0, 0.05) is 37.7 Å². The van der Waals surface area contributed by atoms with E-state index in [0.29, 0.717) is 0 Å². The van der Waals surface area contributed by atoms with E-state index in [0.717, 1.165) is 42.4 Å². The van der Waals surface area contributed by atoms with E-state index in [9.17, 15) is 13.6 Å². The summed E-state index contributed by atoms with van der Waals surface area (Å²) in [6.07, 6.45) is -0.865. The first-order chi connectivity index (χ1) is 10.9. The molecule has 23 heavy (non-hydrogen) atoms. The van der Waals surface area contributed by atoms with Crippen molar-refractivity contribution in [3.8, 4) is 0 Å². The fourth-order valence-corrected chi connectivity index (χ4v) is 2.78. The number of piperidine rings is 1. The molecule has 0 atom stereocenters. The number of urea groups is 1. The number of nitrogens with one attached hydrogen (secondary N) is 1.